The molecule has 0 unspecified atom stereocenters. The molecule has 2 N–H and O–H groups in total. The Labute approximate surface area is 84.8 Å². The topological polar surface area (TPSA) is 49.3 Å². The van der Waals surface area contributed by atoms with Gasteiger partial charge >= 0.3 is 5.97 Å². The summed E-state index contributed by atoms with van der Waals surface area (Å²) in [6.45, 7) is 3.28. The Morgan fingerprint density at radius 2 is 1.71 bits per heavy atom. The molecule has 0 aliphatic rings. The molecule has 0 aliphatic heterocycles. The van der Waals surface area contributed by atoms with Crippen LogP contribution in [-0.4, -0.2) is 18.1 Å². The van der Waals surface area contributed by atoms with E-state index in [0.29, 0.717) is 0 Å². The number of carbonyl (C=O) groups is 1. The Hall–Kier alpha value is -1.51. The largest absolute Gasteiger partial charge is 0.481 e. The first kappa shape index (κ1) is 12.5. The van der Waals surface area contributed by atoms with Gasteiger partial charge in [-0.05, 0) is 12.1 Å². The van der Waals surface area contributed by atoms with Gasteiger partial charge in [0.2, 0.25) is 0 Å². The third-order valence-corrected chi connectivity index (χ3v) is 1.56. The van der Waals surface area contributed by atoms with Crippen LogP contribution in [0.2, 0.25) is 0 Å². The van der Waals surface area contributed by atoms with Crippen LogP contribution in [0.25, 0.3) is 0 Å². The molecule has 0 aromatic heterocycles. The van der Waals surface area contributed by atoms with Crippen molar-refractivity contribution < 1.29 is 9.90 Å². The highest BCUT2D eigenvalue weighted by atomic mass is 16.4. The van der Waals surface area contributed by atoms with Gasteiger partial charge in [0.15, 0.2) is 0 Å². The minimum Gasteiger partial charge on any atom is -0.481 e. The quantitative estimate of drug-likeness (QED) is 0.762. The second-order valence-electron chi connectivity index (χ2n) is 3.11. The van der Waals surface area contributed by atoms with E-state index < -0.39 is 5.97 Å². The van der Waals surface area contributed by atoms with Gasteiger partial charge in [-0.25, -0.2) is 0 Å². The summed E-state index contributed by atoms with van der Waals surface area (Å²) in [5, 5.41) is 11.0. The number of anilines is 1. The molecule has 0 atom stereocenters. The van der Waals surface area contributed by atoms with Crippen LogP contribution in [-0.2, 0) is 4.79 Å². The Morgan fingerprint density at radius 3 is 1.93 bits per heavy atom. The van der Waals surface area contributed by atoms with E-state index in [1.807, 2.05) is 37.4 Å². The molecule has 1 rings (SSSR count). The third-order valence-electron chi connectivity index (χ3n) is 1.56. The van der Waals surface area contributed by atoms with Crippen LogP contribution in [0.3, 0.4) is 0 Å². The fourth-order valence-corrected chi connectivity index (χ4v) is 0.605. The van der Waals surface area contributed by atoms with Crippen LogP contribution in [0.5, 0.6) is 0 Å². The third kappa shape index (κ3) is 6.06. The molecule has 1 aromatic carbocycles. The number of carboxylic acid groups (broad SMARTS) is 1. The van der Waals surface area contributed by atoms with Crippen molar-refractivity contribution in [2.24, 2.45) is 5.92 Å². The lowest BCUT2D eigenvalue weighted by atomic mass is 10.2. The summed E-state index contributed by atoms with van der Waals surface area (Å²) in [5.41, 5.74) is 1.16. The monoisotopic (exact) mass is 195 g/mol. The summed E-state index contributed by atoms with van der Waals surface area (Å²) in [6.07, 6.45) is 0. The average Bonchev–Trinajstić information content (AvgIpc) is 2.20. The Balaban J connectivity index is 0.000000255. The number of aliphatic carboxylic acids is 1. The first-order valence-electron chi connectivity index (χ1n) is 4.53. The van der Waals surface area contributed by atoms with Crippen molar-refractivity contribution in [1.29, 1.82) is 0 Å². The molecule has 78 valence electrons. The number of hydrogen-bond acceptors (Lipinski definition) is 2. The van der Waals surface area contributed by atoms with Crippen molar-refractivity contribution >= 4 is 11.7 Å². The summed E-state index contributed by atoms with van der Waals surface area (Å²) >= 11 is 0. The van der Waals surface area contributed by atoms with Crippen molar-refractivity contribution in [2.75, 3.05) is 12.4 Å². The maximum absolute atomic E-state index is 9.70. The first-order chi connectivity index (χ1) is 6.57. The molecule has 0 radical (unpaired) electrons. The zero-order valence-electron chi connectivity index (χ0n) is 8.82. The van der Waals surface area contributed by atoms with Crippen molar-refractivity contribution in [3.05, 3.63) is 30.3 Å². The van der Waals surface area contributed by atoms with Gasteiger partial charge in [0.05, 0.1) is 5.92 Å². The van der Waals surface area contributed by atoms with Gasteiger partial charge in [-0.1, -0.05) is 32.0 Å². The zero-order chi connectivity index (χ0) is 11.0. The smallest absolute Gasteiger partial charge is 0.305 e. The van der Waals surface area contributed by atoms with Gasteiger partial charge in [0, 0.05) is 12.7 Å². The van der Waals surface area contributed by atoms with E-state index in [4.69, 9.17) is 5.11 Å². The predicted octanol–water partition coefficient (Wildman–Crippen LogP) is 2.46. The minimum absolute atomic E-state index is 0.231. The van der Waals surface area contributed by atoms with Gasteiger partial charge in [0.1, 0.15) is 0 Å². The molecule has 0 saturated heterocycles. The van der Waals surface area contributed by atoms with Crippen molar-refractivity contribution in [1.82, 2.24) is 0 Å². The van der Waals surface area contributed by atoms with Crippen LogP contribution >= 0.6 is 0 Å². The average molecular weight is 195 g/mol. The molecule has 0 bridgehead atoms. The maximum Gasteiger partial charge on any atom is 0.305 e. The Kier molecular flexibility index (Phi) is 6.20. The number of rotatable bonds is 2. The van der Waals surface area contributed by atoms with E-state index in [1.165, 1.54) is 0 Å². The van der Waals surface area contributed by atoms with Crippen LogP contribution in [0.15, 0.2) is 30.3 Å². The van der Waals surface area contributed by atoms with E-state index in [-0.39, 0.29) is 5.92 Å². The highest BCUT2D eigenvalue weighted by Crippen LogP contribution is 2.01. The molecule has 0 saturated carbocycles. The molecule has 1 aromatic rings. The Morgan fingerprint density at radius 1 is 1.29 bits per heavy atom. The van der Waals surface area contributed by atoms with Crippen molar-refractivity contribution in [3.63, 3.8) is 0 Å². The molecule has 14 heavy (non-hydrogen) atoms. The highest BCUT2D eigenvalue weighted by Gasteiger charge is 1.99. The SMILES string of the molecule is CC(C)C(=O)O.CNc1ccccc1. The standard InChI is InChI=1S/C7H9N.C4H8O2/c1-8-7-5-3-2-4-6-7;1-3(2)4(5)6/h2-6,8H,1H3;3H,1-2H3,(H,5,6). The maximum atomic E-state index is 9.70. The van der Waals surface area contributed by atoms with Crippen LogP contribution in [0.4, 0.5) is 5.69 Å². The zero-order valence-corrected chi connectivity index (χ0v) is 8.82. The molecule has 0 aliphatic carbocycles. The van der Waals surface area contributed by atoms with E-state index >= 15 is 0 Å². The molecule has 0 amide bonds. The number of hydrogen-bond donors (Lipinski definition) is 2. The van der Waals surface area contributed by atoms with Crippen molar-refractivity contribution in [2.45, 2.75) is 13.8 Å². The van der Waals surface area contributed by atoms with Crippen LogP contribution < -0.4 is 5.32 Å². The number of carboxylic acids is 1. The molecule has 0 fully saturated rings. The molecule has 0 heterocycles. The van der Waals surface area contributed by atoms with Gasteiger partial charge in [-0.3, -0.25) is 4.79 Å². The molecular weight excluding hydrogens is 178 g/mol. The molecule has 3 heteroatoms. The van der Waals surface area contributed by atoms with Gasteiger partial charge in [0.25, 0.3) is 0 Å². The normalized spacial score (nSPS) is 8.86. The van der Waals surface area contributed by atoms with Gasteiger partial charge in [-0.15, -0.1) is 0 Å². The summed E-state index contributed by atoms with van der Waals surface area (Å²) in [4.78, 5) is 9.70. The summed E-state index contributed by atoms with van der Waals surface area (Å²) < 4.78 is 0. The molecule has 0 spiro atoms. The Bertz CT molecular complexity index is 257. The van der Waals surface area contributed by atoms with Crippen LogP contribution in [0, 0.1) is 5.92 Å². The van der Waals surface area contributed by atoms with E-state index in [9.17, 15) is 4.79 Å². The number of nitrogens with one attached hydrogen (secondary N) is 1. The van der Waals surface area contributed by atoms with E-state index in [0.717, 1.165) is 5.69 Å². The van der Waals surface area contributed by atoms with E-state index in [2.05, 4.69) is 5.32 Å². The number of benzene rings is 1. The lowest BCUT2D eigenvalue weighted by molar-refractivity contribution is -0.140. The number of para-hydroxylation sites is 1. The summed E-state index contributed by atoms with van der Waals surface area (Å²) in [7, 11) is 1.91. The predicted molar refractivity (Wildman–Crippen MR) is 58.5 cm³/mol. The highest BCUT2D eigenvalue weighted by molar-refractivity contribution is 5.68. The van der Waals surface area contributed by atoms with Crippen LogP contribution in [0.1, 0.15) is 13.8 Å². The van der Waals surface area contributed by atoms with E-state index in [1.54, 1.807) is 13.8 Å². The molecular formula is C11H17NO2. The lowest BCUT2D eigenvalue weighted by Crippen LogP contribution is -2.03. The first-order valence-corrected chi connectivity index (χ1v) is 4.53. The van der Waals surface area contributed by atoms with Gasteiger partial charge in [-0.2, -0.15) is 0 Å². The second kappa shape index (κ2) is 6.95. The fourth-order valence-electron chi connectivity index (χ4n) is 0.605. The minimum atomic E-state index is -0.741. The molecule has 3 nitrogen and oxygen atoms in total. The second-order valence-corrected chi connectivity index (χ2v) is 3.11. The lowest BCUT2D eigenvalue weighted by Gasteiger charge is -1.94. The van der Waals surface area contributed by atoms with Gasteiger partial charge < -0.3 is 10.4 Å². The summed E-state index contributed by atoms with van der Waals surface area (Å²) in [6, 6.07) is 10.1. The van der Waals surface area contributed by atoms with Crippen molar-refractivity contribution in [3.8, 4) is 0 Å². The fraction of sp³-hybridized carbons (Fsp3) is 0.364. The summed E-state index contributed by atoms with van der Waals surface area (Å²) in [5.74, 6) is -0.972.